The minimum atomic E-state index is -0.725. The predicted molar refractivity (Wildman–Crippen MR) is 115 cm³/mol. The van der Waals surface area contributed by atoms with Gasteiger partial charge < -0.3 is 15.4 Å². The Bertz CT molecular complexity index is 1030. The summed E-state index contributed by atoms with van der Waals surface area (Å²) < 4.78 is 5.92. The van der Waals surface area contributed by atoms with Gasteiger partial charge in [0.05, 0.1) is 11.0 Å². The van der Waals surface area contributed by atoms with Gasteiger partial charge in [0.25, 0.3) is 5.91 Å². The van der Waals surface area contributed by atoms with E-state index in [4.69, 9.17) is 10.5 Å². The fraction of sp³-hybridized carbons (Fsp3) is 0.200. The molecule has 2 amide bonds. The first-order valence-corrected chi connectivity index (χ1v) is 9.96. The van der Waals surface area contributed by atoms with Gasteiger partial charge in [0.15, 0.2) is 0 Å². The van der Waals surface area contributed by atoms with Crippen LogP contribution in [0.4, 0.5) is 0 Å². The molecule has 1 saturated heterocycles. The molecule has 3 aromatic carbocycles. The van der Waals surface area contributed by atoms with Gasteiger partial charge in [0.2, 0.25) is 5.91 Å². The highest BCUT2D eigenvalue weighted by Gasteiger charge is 2.50. The summed E-state index contributed by atoms with van der Waals surface area (Å²) in [6.45, 7) is 0.997. The van der Waals surface area contributed by atoms with Crippen molar-refractivity contribution in [2.24, 2.45) is 11.1 Å². The van der Waals surface area contributed by atoms with Crippen molar-refractivity contribution in [1.82, 2.24) is 4.90 Å². The number of ether oxygens (including phenoxy) is 1. The number of para-hydroxylation sites is 1. The topological polar surface area (TPSA) is 72.6 Å². The highest BCUT2D eigenvalue weighted by Crippen LogP contribution is 2.36. The molecule has 0 saturated carbocycles. The standard InChI is InChI=1S/C25H24N2O3/c26-24(29)25(15-19-9-3-1-4-10-19)17-27(18-25)23(28)21-13-7-8-14-22(21)30-16-20-11-5-2-6-12-20/h1-14H,15-18H2,(H2,26,29). The molecule has 0 aromatic heterocycles. The summed E-state index contributed by atoms with van der Waals surface area (Å²) in [5.74, 6) is 0.0126. The van der Waals surface area contributed by atoms with Crippen molar-refractivity contribution in [1.29, 1.82) is 0 Å². The molecular weight excluding hydrogens is 376 g/mol. The van der Waals surface area contributed by atoms with Gasteiger partial charge in [0, 0.05) is 13.1 Å². The first-order chi connectivity index (χ1) is 14.6. The van der Waals surface area contributed by atoms with Crippen molar-refractivity contribution in [2.45, 2.75) is 13.0 Å². The Balaban J connectivity index is 1.46. The largest absolute Gasteiger partial charge is 0.488 e. The predicted octanol–water partition coefficient (Wildman–Crippen LogP) is 3.44. The Hall–Kier alpha value is -3.60. The molecule has 2 N–H and O–H groups in total. The van der Waals surface area contributed by atoms with Crippen LogP contribution < -0.4 is 10.5 Å². The zero-order valence-corrected chi connectivity index (χ0v) is 16.7. The fourth-order valence-corrected chi connectivity index (χ4v) is 3.84. The molecule has 1 heterocycles. The lowest BCUT2D eigenvalue weighted by Gasteiger charge is -2.48. The van der Waals surface area contributed by atoms with Gasteiger partial charge >= 0.3 is 0 Å². The van der Waals surface area contributed by atoms with Crippen LogP contribution in [-0.2, 0) is 17.8 Å². The number of hydrogen-bond donors (Lipinski definition) is 1. The number of amides is 2. The molecule has 0 bridgehead atoms. The quantitative estimate of drug-likeness (QED) is 0.660. The van der Waals surface area contributed by atoms with E-state index < -0.39 is 5.41 Å². The zero-order valence-electron chi connectivity index (χ0n) is 16.7. The van der Waals surface area contributed by atoms with Crippen molar-refractivity contribution in [3.05, 3.63) is 102 Å². The van der Waals surface area contributed by atoms with Gasteiger partial charge in [-0.25, -0.2) is 0 Å². The van der Waals surface area contributed by atoms with Crippen LogP contribution in [-0.4, -0.2) is 29.8 Å². The Morgan fingerprint density at radius 3 is 2.03 bits per heavy atom. The number of likely N-dealkylation sites (tertiary alicyclic amines) is 1. The van der Waals surface area contributed by atoms with E-state index in [2.05, 4.69) is 0 Å². The highest BCUT2D eigenvalue weighted by atomic mass is 16.5. The van der Waals surface area contributed by atoms with Crippen molar-refractivity contribution in [2.75, 3.05) is 13.1 Å². The van der Waals surface area contributed by atoms with E-state index in [9.17, 15) is 9.59 Å². The van der Waals surface area contributed by atoms with Crippen LogP contribution in [0.3, 0.4) is 0 Å². The van der Waals surface area contributed by atoms with Gasteiger partial charge in [-0.3, -0.25) is 9.59 Å². The molecule has 1 aliphatic rings. The number of primary amides is 1. The second kappa shape index (κ2) is 8.41. The van der Waals surface area contributed by atoms with Crippen LogP contribution >= 0.6 is 0 Å². The summed E-state index contributed by atoms with van der Waals surface area (Å²) in [5.41, 5.74) is 7.55. The SMILES string of the molecule is NC(=O)C1(Cc2ccccc2)CN(C(=O)c2ccccc2OCc2ccccc2)C1. The van der Waals surface area contributed by atoms with E-state index in [0.29, 0.717) is 37.4 Å². The Morgan fingerprint density at radius 1 is 0.833 bits per heavy atom. The first kappa shape index (κ1) is 19.7. The Kier molecular flexibility index (Phi) is 5.53. The van der Waals surface area contributed by atoms with Crippen molar-refractivity contribution in [3.8, 4) is 5.75 Å². The molecule has 152 valence electrons. The van der Waals surface area contributed by atoms with Crippen LogP contribution in [0.5, 0.6) is 5.75 Å². The smallest absolute Gasteiger partial charge is 0.257 e. The number of carbonyl (C=O) groups is 2. The molecule has 30 heavy (non-hydrogen) atoms. The first-order valence-electron chi connectivity index (χ1n) is 9.96. The van der Waals surface area contributed by atoms with Crippen molar-refractivity contribution < 1.29 is 14.3 Å². The Labute approximate surface area is 176 Å². The van der Waals surface area contributed by atoms with E-state index in [0.717, 1.165) is 11.1 Å². The summed E-state index contributed by atoms with van der Waals surface area (Å²) >= 11 is 0. The zero-order chi connectivity index (χ0) is 21.0. The molecule has 1 fully saturated rings. The third kappa shape index (κ3) is 4.06. The van der Waals surface area contributed by atoms with Gasteiger partial charge in [-0.2, -0.15) is 0 Å². The molecule has 0 radical (unpaired) electrons. The Morgan fingerprint density at radius 2 is 1.40 bits per heavy atom. The molecule has 0 unspecified atom stereocenters. The maximum Gasteiger partial charge on any atom is 0.257 e. The third-order valence-corrected chi connectivity index (χ3v) is 5.54. The monoisotopic (exact) mass is 400 g/mol. The normalized spacial score (nSPS) is 14.6. The number of nitrogens with two attached hydrogens (primary N) is 1. The molecule has 0 spiro atoms. The molecule has 1 aliphatic heterocycles. The van der Waals surface area contributed by atoms with Gasteiger partial charge in [0.1, 0.15) is 12.4 Å². The maximum atomic E-state index is 13.1. The number of rotatable bonds is 7. The molecule has 3 aromatic rings. The van der Waals surface area contributed by atoms with E-state index >= 15 is 0 Å². The number of carbonyl (C=O) groups excluding carboxylic acids is 2. The van der Waals surface area contributed by atoms with Gasteiger partial charge in [-0.1, -0.05) is 72.8 Å². The van der Waals surface area contributed by atoms with Crippen molar-refractivity contribution >= 4 is 11.8 Å². The third-order valence-electron chi connectivity index (χ3n) is 5.54. The number of nitrogens with zero attached hydrogens (tertiary/aromatic N) is 1. The van der Waals surface area contributed by atoms with Crippen LogP contribution in [0.2, 0.25) is 0 Å². The van der Waals surface area contributed by atoms with Gasteiger partial charge in [-0.15, -0.1) is 0 Å². The molecule has 5 heteroatoms. The van der Waals surface area contributed by atoms with E-state index in [1.807, 2.05) is 72.8 Å². The lowest BCUT2D eigenvalue weighted by Crippen LogP contribution is -2.64. The summed E-state index contributed by atoms with van der Waals surface area (Å²) in [7, 11) is 0. The summed E-state index contributed by atoms with van der Waals surface area (Å²) in [4.78, 5) is 27.0. The van der Waals surface area contributed by atoms with Crippen molar-refractivity contribution in [3.63, 3.8) is 0 Å². The summed E-state index contributed by atoms with van der Waals surface area (Å²) in [6.07, 6.45) is 0.527. The average Bonchev–Trinajstić information content (AvgIpc) is 2.75. The van der Waals surface area contributed by atoms with Crippen LogP contribution in [0.15, 0.2) is 84.9 Å². The highest BCUT2D eigenvalue weighted by molar-refractivity contribution is 5.99. The molecule has 5 nitrogen and oxygen atoms in total. The number of benzene rings is 3. The van der Waals surface area contributed by atoms with Crippen LogP contribution in [0.25, 0.3) is 0 Å². The maximum absolute atomic E-state index is 13.1. The van der Waals surface area contributed by atoms with Crippen LogP contribution in [0, 0.1) is 5.41 Å². The van der Waals surface area contributed by atoms with E-state index in [1.54, 1.807) is 17.0 Å². The second-order valence-corrected chi connectivity index (χ2v) is 7.74. The lowest BCUT2D eigenvalue weighted by atomic mass is 9.74. The minimum absolute atomic E-state index is 0.149. The summed E-state index contributed by atoms with van der Waals surface area (Å²) in [5, 5.41) is 0. The average molecular weight is 400 g/mol. The van der Waals surface area contributed by atoms with E-state index in [1.165, 1.54) is 0 Å². The molecule has 4 rings (SSSR count). The number of hydrogen-bond acceptors (Lipinski definition) is 3. The lowest BCUT2D eigenvalue weighted by molar-refractivity contribution is -0.135. The molecule has 0 atom stereocenters. The minimum Gasteiger partial charge on any atom is -0.488 e. The fourth-order valence-electron chi connectivity index (χ4n) is 3.84. The molecular formula is C25H24N2O3. The van der Waals surface area contributed by atoms with Gasteiger partial charge in [-0.05, 0) is 29.7 Å². The summed E-state index contributed by atoms with van der Waals surface area (Å²) in [6, 6.07) is 26.8. The van der Waals surface area contributed by atoms with Crippen LogP contribution in [0.1, 0.15) is 21.5 Å². The van der Waals surface area contributed by atoms with E-state index in [-0.39, 0.29) is 11.8 Å². The molecule has 0 aliphatic carbocycles. The second-order valence-electron chi connectivity index (χ2n) is 7.74.